The molecule has 1 aromatic heterocycles. The first-order valence-electron chi connectivity index (χ1n) is 7.23. The number of aryl methyl sites for hydroxylation is 1. The van der Waals surface area contributed by atoms with Crippen LogP contribution in [0.3, 0.4) is 0 Å². The maximum absolute atomic E-state index is 11.8. The van der Waals surface area contributed by atoms with Gasteiger partial charge in [-0.05, 0) is 68.4 Å². The summed E-state index contributed by atoms with van der Waals surface area (Å²) < 4.78 is 6.16. The molecule has 0 spiro atoms. The zero-order chi connectivity index (χ0) is 13.9. The Kier molecular flexibility index (Phi) is 3.74. The molecule has 0 bridgehead atoms. The van der Waals surface area contributed by atoms with E-state index in [0.717, 1.165) is 54.4 Å². The average Bonchev–Trinajstić information content (AvgIpc) is 2.70. The first kappa shape index (κ1) is 13.2. The zero-order valence-corrected chi connectivity index (χ0v) is 11.7. The van der Waals surface area contributed by atoms with E-state index in [2.05, 4.69) is 10.3 Å². The van der Waals surface area contributed by atoms with Gasteiger partial charge in [-0.1, -0.05) is 0 Å². The van der Waals surface area contributed by atoms with Crippen molar-refractivity contribution in [3.8, 4) is 5.75 Å². The van der Waals surface area contributed by atoms with Gasteiger partial charge in [0.25, 0.3) is 5.56 Å². The number of ether oxygens (including phenoxy) is 1. The van der Waals surface area contributed by atoms with Crippen molar-refractivity contribution in [2.24, 2.45) is 0 Å². The molecule has 0 amide bonds. The molecule has 20 heavy (non-hydrogen) atoms. The fraction of sp³-hybridized carbons (Fsp3) is 0.438. The molecular weight excluding hydrogens is 252 g/mol. The lowest BCUT2D eigenvalue weighted by Gasteiger charge is -2.18. The lowest BCUT2D eigenvalue weighted by Crippen LogP contribution is -2.19. The van der Waals surface area contributed by atoms with E-state index < -0.39 is 0 Å². The van der Waals surface area contributed by atoms with Gasteiger partial charge in [-0.2, -0.15) is 0 Å². The van der Waals surface area contributed by atoms with E-state index in [1.165, 1.54) is 0 Å². The van der Waals surface area contributed by atoms with Crippen LogP contribution in [-0.2, 0) is 0 Å². The first-order valence-corrected chi connectivity index (χ1v) is 7.23. The SMILES string of the molecule is Cc1cc2c(=O)[nH]ccc2cc1OC1CCCNCC1. The highest BCUT2D eigenvalue weighted by Gasteiger charge is 2.15. The number of benzene rings is 1. The zero-order valence-electron chi connectivity index (χ0n) is 11.7. The predicted molar refractivity (Wildman–Crippen MR) is 80.4 cm³/mol. The topological polar surface area (TPSA) is 54.1 Å². The molecule has 0 aliphatic carbocycles. The molecule has 1 unspecified atom stereocenters. The largest absolute Gasteiger partial charge is 0.490 e. The van der Waals surface area contributed by atoms with E-state index >= 15 is 0 Å². The Morgan fingerprint density at radius 1 is 1.25 bits per heavy atom. The molecule has 1 aromatic carbocycles. The van der Waals surface area contributed by atoms with Gasteiger partial charge >= 0.3 is 0 Å². The van der Waals surface area contributed by atoms with Crippen molar-refractivity contribution in [1.29, 1.82) is 0 Å². The predicted octanol–water partition coefficient (Wildman–Crippen LogP) is 2.36. The lowest BCUT2D eigenvalue weighted by atomic mass is 10.1. The van der Waals surface area contributed by atoms with Crippen LogP contribution in [0.15, 0.2) is 29.2 Å². The molecule has 0 radical (unpaired) electrons. The molecule has 4 heteroatoms. The van der Waals surface area contributed by atoms with Crippen LogP contribution in [0.1, 0.15) is 24.8 Å². The van der Waals surface area contributed by atoms with Crippen LogP contribution in [-0.4, -0.2) is 24.2 Å². The third kappa shape index (κ3) is 2.70. The summed E-state index contributed by atoms with van der Waals surface area (Å²) in [7, 11) is 0. The number of hydrogen-bond acceptors (Lipinski definition) is 3. The van der Waals surface area contributed by atoms with Crippen molar-refractivity contribution < 1.29 is 4.74 Å². The standard InChI is InChI=1S/C16H20N2O2/c1-11-9-14-12(4-8-18-16(14)19)10-15(11)20-13-3-2-6-17-7-5-13/h4,8-10,13,17H,2-3,5-7H2,1H3,(H,18,19). The van der Waals surface area contributed by atoms with Gasteiger partial charge in [0.1, 0.15) is 5.75 Å². The Morgan fingerprint density at radius 2 is 2.15 bits per heavy atom. The normalized spacial score (nSPS) is 19.8. The van der Waals surface area contributed by atoms with E-state index in [9.17, 15) is 4.79 Å². The second-order valence-corrected chi connectivity index (χ2v) is 5.43. The summed E-state index contributed by atoms with van der Waals surface area (Å²) in [6, 6.07) is 5.81. The number of nitrogens with one attached hydrogen (secondary N) is 2. The summed E-state index contributed by atoms with van der Waals surface area (Å²) in [5, 5.41) is 5.04. The monoisotopic (exact) mass is 272 g/mol. The fourth-order valence-electron chi connectivity index (χ4n) is 2.73. The van der Waals surface area contributed by atoms with Crippen LogP contribution in [0.2, 0.25) is 0 Å². The molecule has 1 aliphatic rings. The van der Waals surface area contributed by atoms with E-state index in [4.69, 9.17) is 4.74 Å². The Bertz CT molecular complexity index is 655. The molecule has 106 valence electrons. The number of pyridine rings is 1. The maximum atomic E-state index is 11.8. The van der Waals surface area contributed by atoms with Gasteiger partial charge in [0, 0.05) is 11.6 Å². The first-order chi connectivity index (χ1) is 9.74. The van der Waals surface area contributed by atoms with Gasteiger partial charge in [0.15, 0.2) is 0 Å². The minimum Gasteiger partial charge on any atom is -0.490 e. The second-order valence-electron chi connectivity index (χ2n) is 5.43. The Hall–Kier alpha value is -1.81. The van der Waals surface area contributed by atoms with Gasteiger partial charge in [-0.25, -0.2) is 0 Å². The molecular formula is C16H20N2O2. The van der Waals surface area contributed by atoms with Crippen LogP contribution in [0.5, 0.6) is 5.75 Å². The molecule has 1 fully saturated rings. The summed E-state index contributed by atoms with van der Waals surface area (Å²) in [6.07, 6.45) is 5.21. The van der Waals surface area contributed by atoms with Crippen LogP contribution < -0.4 is 15.6 Å². The van der Waals surface area contributed by atoms with E-state index in [0.29, 0.717) is 0 Å². The molecule has 2 N–H and O–H groups in total. The van der Waals surface area contributed by atoms with Crippen molar-refractivity contribution in [2.75, 3.05) is 13.1 Å². The third-order valence-corrected chi connectivity index (χ3v) is 3.89. The molecule has 3 rings (SSSR count). The van der Waals surface area contributed by atoms with Gasteiger partial charge in [0.05, 0.1) is 6.10 Å². The molecule has 1 atom stereocenters. The van der Waals surface area contributed by atoms with Crippen molar-refractivity contribution in [3.63, 3.8) is 0 Å². The van der Waals surface area contributed by atoms with Gasteiger partial charge in [-0.15, -0.1) is 0 Å². The molecule has 2 heterocycles. The lowest BCUT2D eigenvalue weighted by molar-refractivity contribution is 0.186. The minimum atomic E-state index is -0.0455. The van der Waals surface area contributed by atoms with Crippen LogP contribution in [0, 0.1) is 6.92 Å². The summed E-state index contributed by atoms with van der Waals surface area (Å²) in [5.41, 5.74) is 0.974. The van der Waals surface area contributed by atoms with Gasteiger partial charge < -0.3 is 15.0 Å². The Balaban J connectivity index is 1.91. The van der Waals surface area contributed by atoms with Gasteiger partial charge in [0.2, 0.25) is 0 Å². The highest BCUT2D eigenvalue weighted by atomic mass is 16.5. The Morgan fingerprint density at radius 3 is 3.05 bits per heavy atom. The minimum absolute atomic E-state index is 0.0455. The van der Waals surface area contributed by atoms with E-state index in [-0.39, 0.29) is 11.7 Å². The molecule has 0 saturated carbocycles. The highest BCUT2D eigenvalue weighted by molar-refractivity contribution is 5.83. The third-order valence-electron chi connectivity index (χ3n) is 3.89. The number of hydrogen-bond donors (Lipinski definition) is 2. The summed E-state index contributed by atoms with van der Waals surface area (Å²) in [4.78, 5) is 14.5. The second kappa shape index (κ2) is 5.67. The molecule has 1 aliphatic heterocycles. The maximum Gasteiger partial charge on any atom is 0.255 e. The molecule has 1 saturated heterocycles. The van der Waals surface area contributed by atoms with Crippen molar-refractivity contribution in [3.05, 3.63) is 40.3 Å². The number of aromatic amines is 1. The number of fused-ring (bicyclic) bond motifs is 1. The quantitative estimate of drug-likeness (QED) is 0.882. The van der Waals surface area contributed by atoms with Crippen molar-refractivity contribution >= 4 is 10.8 Å². The molecule has 4 nitrogen and oxygen atoms in total. The van der Waals surface area contributed by atoms with E-state index in [1.54, 1.807) is 6.20 Å². The molecule has 2 aromatic rings. The van der Waals surface area contributed by atoms with E-state index in [1.807, 2.05) is 25.1 Å². The average molecular weight is 272 g/mol. The smallest absolute Gasteiger partial charge is 0.255 e. The van der Waals surface area contributed by atoms with Crippen LogP contribution >= 0.6 is 0 Å². The fourth-order valence-corrected chi connectivity index (χ4v) is 2.73. The highest BCUT2D eigenvalue weighted by Crippen LogP contribution is 2.26. The van der Waals surface area contributed by atoms with Gasteiger partial charge in [-0.3, -0.25) is 4.79 Å². The Labute approximate surface area is 118 Å². The number of H-pyrrole nitrogens is 1. The van der Waals surface area contributed by atoms with Crippen molar-refractivity contribution in [2.45, 2.75) is 32.3 Å². The summed E-state index contributed by atoms with van der Waals surface area (Å²) >= 11 is 0. The number of rotatable bonds is 2. The summed E-state index contributed by atoms with van der Waals surface area (Å²) in [6.45, 7) is 4.08. The summed E-state index contributed by atoms with van der Waals surface area (Å²) in [5.74, 6) is 0.898. The van der Waals surface area contributed by atoms with Crippen LogP contribution in [0.25, 0.3) is 10.8 Å². The van der Waals surface area contributed by atoms with Crippen LogP contribution in [0.4, 0.5) is 0 Å². The van der Waals surface area contributed by atoms with Crippen molar-refractivity contribution in [1.82, 2.24) is 10.3 Å². The number of aromatic nitrogens is 1.